The number of rotatable bonds is 4. The first-order chi connectivity index (χ1) is 9.58. The van der Waals surface area contributed by atoms with Crippen molar-refractivity contribution in [3.63, 3.8) is 0 Å². The number of hydrogen-bond donors (Lipinski definition) is 2. The molecule has 7 heteroatoms. The minimum absolute atomic E-state index is 0.0881. The van der Waals surface area contributed by atoms with Crippen LogP contribution < -0.4 is 15.8 Å². The second-order valence-electron chi connectivity index (χ2n) is 3.85. The Labute approximate surface area is 121 Å². The third-order valence-corrected chi connectivity index (χ3v) is 2.50. The van der Waals surface area contributed by atoms with Gasteiger partial charge in [0.05, 0.1) is 5.69 Å². The molecule has 1 heterocycles. The zero-order valence-electron chi connectivity index (χ0n) is 10.7. The highest BCUT2D eigenvalue weighted by Crippen LogP contribution is 2.29. The number of anilines is 1. The molecular formula is C13H12N4O2S. The van der Waals surface area contributed by atoms with E-state index in [1.165, 1.54) is 19.3 Å². The van der Waals surface area contributed by atoms with Crippen LogP contribution in [0.25, 0.3) is 0 Å². The van der Waals surface area contributed by atoms with E-state index >= 15 is 0 Å². The number of aromatic nitrogens is 2. The van der Waals surface area contributed by atoms with Crippen LogP contribution in [-0.4, -0.2) is 20.9 Å². The van der Waals surface area contributed by atoms with Gasteiger partial charge in [-0.3, -0.25) is 4.79 Å². The number of carbonyl (C=O) groups excluding carboxylic acids is 1. The average Bonchev–Trinajstić information content (AvgIpc) is 2.41. The molecule has 102 valence electrons. The molecule has 2 rings (SSSR count). The van der Waals surface area contributed by atoms with Gasteiger partial charge in [-0.1, -0.05) is 24.4 Å². The van der Waals surface area contributed by atoms with E-state index in [2.05, 4.69) is 15.3 Å². The lowest BCUT2D eigenvalue weighted by atomic mass is 10.3. The number of hydrogen-bond acceptors (Lipinski definition) is 5. The molecule has 0 atom stereocenters. The molecule has 2 aromatic rings. The SMILES string of the molecule is CC(=O)Nc1ccccc1Oc1nccnc1C(N)=S. The van der Waals surface area contributed by atoms with Gasteiger partial charge in [-0.15, -0.1) is 0 Å². The molecule has 0 aliphatic rings. The third kappa shape index (κ3) is 3.27. The highest BCUT2D eigenvalue weighted by Gasteiger charge is 2.12. The molecule has 0 saturated carbocycles. The molecule has 0 bridgehead atoms. The van der Waals surface area contributed by atoms with Gasteiger partial charge in [0.15, 0.2) is 11.4 Å². The van der Waals surface area contributed by atoms with Gasteiger partial charge in [0.1, 0.15) is 4.99 Å². The Bertz CT molecular complexity index is 660. The number of para-hydroxylation sites is 2. The summed E-state index contributed by atoms with van der Waals surface area (Å²) in [5.74, 6) is 0.424. The van der Waals surface area contributed by atoms with E-state index in [9.17, 15) is 4.79 Å². The standard InChI is InChI=1S/C13H12N4O2S/c1-8(18)17-9-4-2-3-5-10(9)19-13-11(12(14)20)15-6-7-16-13/h2-7H,1H3,(H2,14,20)(H,17,18). The highest BCUT2D eigenvalue weighted by molar-refractivity contribution is 7.80. The maximum atomic E-state index is 11.2. The first-order valence-corrected chi connectivity index (χ1v) is 6.14. The van der Waals surface area contributed by atoms with Gasteiger partial charge in [0.25, 0.3) is 0 Å². The van der Waals surface area contributed by atoms with Crippen LogP contribution in [0.5, 0.6) is 11.6 Å². The zero-order chi connectivity index (χ0) is 14.5. The Morgan fingerprint density at radius 1 is 1.30 bits per heavy atom. The number of carbonyl (C=O) groups is 1. The second kappa shape index (κ2) is 6.07. The fraction of sp³-hybridized carbons (Fsp3) is 0.0769. The van der Waals surface area contributed by atoms with Crippen molar-refractivity contribution in [2.24, 2.45) is 5.73 Å². The topological polar surface area (TPSA) is 90.1 Å². The Balaban J connectivity index is 2.35. The van der Waals surface area contributed by atoms with Gasteiger partial charge in [-0.2, -0.15) is 0 Å². The van der Waals surface area contributed by atoms with Crippen molar-refractivity contribution in [3.8, 4) is 11.6 Å². The van der Waals surface area contributed by atoms with E-state index in [1.54, 1.807) is 24.3 Å². The Morgan fingerprint density at radius 3 is 2.70 bits per heavy atom. The molecule has 3 N–H and O–H groups in total. The summed E-state index contributed by atoms with van der Waals surface area (Å²) in [6.07, 6.45) is 2.94. The van der Waals surface area contributed by atoms with Crippen molar-refractivity contribution in [1.82, 2.24) is 9.97 Å². The van der Waals surface area contributed by atoms with E-state index in [0.717, 1.165) is 0 Å². The van der Waals surface area contributed by atoms with E-state index < -0.39 is 0 Å². The molecule has 0 spiro atoms. The van der Waals surface area contributed by atoms with Crippen molar-refractivity contribution in [2.75, 3.05) is 5.32 Å². The fourth-order valence-electron chi connectivity index (χ4n) is 1.52. The molecule has 0 unspecified atom stereocenters. The van der Waals surface area contributed by atoms with E-state index in [0.29, 0.717) is 17.1 Å². The van der Waals surface area contributed by atoms with Gasteiger partial charge in [0, 0.05) is 19.3 Å². The van der Waals surface area contributed by atoms with E-state index in [1.807, 2.05) is 0 Å². The number of ether oxygens (including phenoxy) is 1. The van der Waals surface area contributed by atoms with Gasteiger partial charge in [0.2, 0.25) is 11.8 Å². The van der Waals surface area contributed by atoms with Gasteiger partial charge < -0.3 is 15.8 Å². The summed E-state index contributed by atoms with van der Waals surface area (Å²) in [5.41, 5.74) is 6.39. The lowest BCUT2D eigenvalue weighted by Gasteiger charge is -2.12. The Morgan fingerprint density at radius 2 is 2.00 bits per heavy atom. The molecule has 1 amide bonds. The van der Waals surface area contributed by atoms with E-state index in [-0.39, 0.29) is 16.8 Å². The van der Waals surface area contributed by atoms with Crippen LogP contribution in [0.3, 0.4) is 0 Å². The van der Waals surface area contributed by atoms with Crippen LogP contribution in [0.4, 0.5) is 5.69 Å². The molecule has 1 aromatic heterocycles. The smallest absolute Gasteiger partial charge is 0.248 e. The summed E-state index contributed by atoms with van der Waals surface area (Å²) in [4.78, 5) is 19.3. The summed E-state index contributed by atoms with van der Waals surface area (Å²) in [7, 11) is 0. The quantitative estimate of drug-likeness (QED) is 0.835. The maximum absolute atomic E-state index is 11.2. The molecule has 0 saturated heterocycles. The molecule has 1 aromatic carbocycles. The van der Waals surface area contributed by atoms with Crippen LogP contribution in [-0.2, 0) is 4.79 Å². The monoisotopic (exact) mass is 288 g/mol. The van der Waals surface area contributed by atoms with Gasteiger partial charge in [-0.25, -0.2) is 9.97 Å². The highest BCUT2D eigenvalue weighted by atomic mass is 32.1. The van der Waals surface area contributed by atoms with Crippen LogP contribution in [0, 0.1) is 0 Å². The maximum Gasteiger partial charge on any atom is 0.248 e. The number of nitrogens with two attached hydrogens (primary N) is 1. The Hall–Kier alpha value is -2.54. The van der Waals surface area contributed by atoms with E-state index in [4.69, 9.17) is 22.7 Å². The number of nitrogens with one attached hydrogen (secondary N) is 1. The van der Waals surface area contributed by atoms with Crippen molar-refractivity contribution in [3.05, 3.63) is 42.4 Å². The molecule has 0 aliphatic heterocycles. The first-order valence-electron chi connectivity index (χ1n) is 5.73. The van der Waals surface area contributed by atoms with Crippen molar-refractivity contribution in [2.45, 2.75) is 6.92 Å². The number of benzene rings is 1. The van der Waals surface area contributed by atoms with Crippen LogP contribution in [0.1, 0.15) is 12.6 Å². The van der Waals surface area contributed by atoms with Gasteiger partial charge in [-0.05, 0) is 12.1 Å². The van der Waals surface area contributed by atoms with Crippen molar-refractivity contribution < 1.29 is 9.53 Å². The minimum Gasteiger partial charge on any atom is -0.435 e. The lowest BCUT2D eigenvalue weighted by molar-refractivity contribution is -0.114. The molecule has 20 heavy (non-hydrogen) atoms. The van der Waals surface area contributed by atoms with Crippen LogP contribution in [0.2, 0.25) is 0 Å². The normalized spacial score (nSPS) is 9.85. The summed E-state index contributed by atoms with van der Waals surface area (Å²) in [5, 5.41) is 2.67. The predicted molar refractivity (Wildman–Crippen MR) is 78.7 cm³/mol. The summed E-state index contributed by atoms with van der Waals surface area (Å²) >= 11 is 4.89. The number of nitrogens with zero attached hydrogens (tertiary/aromatic N) is 2. The molecule has 0 aliphatic carbocycles. The number of thiocarbonyl (C=S) groups is 1. The summed E-state index contributed by atoms with van der Waals surface area (Å²) < 4.78 is 5.65. The Kier molecular flexibility index (Phi) is 4.21. The first kappa shape index (κ1) is 13.9. The average molecular weight is 288 g/mol. The summed E-state index contributed by atoms with van der Waals surface area (Å²) in [6.45, 7) is 1.42. The minimum atomic E-state index is -0.199. The van der Waals surface area contributed by atoms with Crippen molar-refractivity contribution >= 4 is 28.8 Å². The van der Waals surface area contributed by atoms with Crippen LogP contribution >= 0.6 is 12.2 Å². The lowest BCUT2D eigenvalue weighted by Crippen LogP contribution is -2.14. The third-order valence-electron chi connectivity index (χ3n) is 2.30. The molecular weight excluding hydrogens is 276 g/mol. The fourth-order valence-corrected chi connectivity index (χ4v) is 1.66. The van der Waals surface area contributed by atoms with Crippen molar-refractivity contribution in [1.29, 1.82) is 0 Å². The predicted octanol–water partition coefficient (Wildman–Crippen LogP) is 1.86. The molecule has 6 nitrogen and oxygen atoms in total. The largest absolute Gasteiger partial charge is 0.435 e. The summed E-state index contributed by atoms with van der Waals surface area (Å²) in [6, 6.07) is 6.97. The van der Waals surface area contributed by atoms with Gasteiger partial charge >= 0.3 is 0 Å². The van der Waals surface area contributed by atoms with Crippen LogP contribution in [0.15, 0.2) is 36.7 Å². The molecule has 0 radical (unpaired) electrons. The number of amides is 1. The second-order valence-corrected chi connectivity index (χ2v) is 4.29. The zero-order valence-corrected chi connectivity index (χ0v) is 11.5. The molecule has 0 fully saturated rings.